The molecule has 1 aliphatic carbocycles. The summed E-state index contributed by atoms with van der Waals surface area (Å²) in [5, 5.41) is 9.88. The summed E-state index contributed by atoms with van der Waals surface area (Å²) in [6.45, 7) is 0. The van der Waals surface area contributed by atoms with Crippen LogP contribution in [0.25, 0.3) is 0 Å². The van der Waals surface area contributed by atoms with Crippen molar-refractivity contribution in [2.45, 2.75) is 31.5 Å². The lowest BCUT2D eigenvalue weighted by atomic mass is 10.2. The van der Waals surface area contributed by atoms with Crippen molar-refractivity contribution >= 4 is 0 Å². The van der Waals surface area contributed by atoms with Gasteiger partial charge in [-0.1, -0.05) is 12.1 Å². The van der Waals surface area contributed by atoms with Gasteiger partial charge in [-0.05, 0) is 25.0 Å². The summed E-state index contributed by atoms with van der Waals surface area (Å²) < 4.78 is 18.5. The van der Waals surface area contributed by atoms with Crippen LogP contribution in [0, 0.1) is 5.82 Å². The van der Waals surface area contributed by atoms with E-state index in [0.717, 1.165) is 12.8 Å². The van der Waals surface area contributed by atoms with E-state index in [1.54, 1.807) is 12.1 Å². The van der Waals surface area contributed by atoms with Crippen molar-refractivity contribution in [2.24, 2.45) is 0 Å². The van der Waals surface area contributed by atoms with Crippen LogP contribution in [0.5, 0.6) is 5.75 Å². The van der Waals surface area contributed by atoms with E-state index in [1.165, 1.54) is 12.1 Å². The highest BCUT2D eigenvalue weighted by Crippen LogP contribution is 2.32. The summed E-state index contributed by atoms with van der Waals surface area (Å²) in [5.74, 6) is -1.44. The summed E-state index contributed by atoms with van der Waals surface area (Å²) in [6.07, 6.45) is 3.04. The lowest BCUT2D eigenvalue weighted by molar-refractivity contribution is -0.132. The van der Waals surface area contributed by atoms with Crippen molar-refractivity contribution in [1.29, 1.82) is 0 Å². The molecule has 0 radical (unpaired) electrons. The zero-order valence-corrected chi connectivity index (χ0v) is 7.87. The molecular weight excluding hydrogens is 183 g/mol. The molecule has 0 aromatic heterocycles. The number of aliphatic hydroxyl groups is 1. The second kappa shape index (κ2) is 3.58. The molecule has 1 aliphatic rings. The number of hydrogen-bond acceptors (Lipinski definition) is 2. The molecule has 0 unspecified atom stereocenters. The highest BCUT2D eigenvalue weighted by molar-refractivity contribution is 5.24. The Labute approximate surface area is 82.3 Å². The van der Waals surface area contributed by atoms with Crippen LogP contribution in [0.4, 0.5) is 4.39 Å². The van der Waals surface area contributed by atoms with Gasteiger partial charge >= 0.3 is 0 Å². The van der Waals surface area contributed by atoms with E-state index >= 15 is 0 Å². The van der Waals surface area contributed by atoms with Gasteiger partial charge in [0.25, 0.3) is 0 Å². The van der Waals surface area contributed by atoms with E-state index in [-0.39, 0.29) is 5.75 Å². The number of halogens is 1. The second-order valence-electron chi connectivity index (χ2n) is 3.69. The van der Waals surface area contributed by atoms with E-state index < -0.39 is 11.6 Å². The molecular formula is C11H13FO2. The molecule has 1 aromatic carbocycles. The third-order valence-corrected chi connectivity index (χ3v) is 2.52. The Morgan fingerprint density at radius 3 is 2.50 bits per heavy atom. The van der Waals surface area contributed by atoms with Crippen LogP contribution in [0.15, 0.2) is 24.3 Å². The van der Waals surface area contributed by atoms with Gasteiger partial charge in [0.15, 0.2) is 11.6 Å². The van der Waals surface area contributed by atoms with Crippen LogP contribution in [-0.4, -0.2) is 10.9 Å². The summed E-state index contributed by atoms with van der Waals surface area (Å²) in [4.78, 5) is 0. The van der Waals surface area contributed by atoms with Crippen LogP contribution in [0.1, 0.15) is 25.7 Å². The van der Waals surface area contributed by atoms with Gasteiger partial charge in [0.1, 0.15) is 0 Å². The van der Waals surface area contributed by atoms with Gasteiger partial charge in [-0.15, -0.1) is 0 Å². The molecule has 14 heavy (non-hydrogen) atoms. The molecule has 2 rings (SSSR count). The maximum absolute atomic E-state index is 13.2. The van der Waals surface area contributed by atoms with E-state index in [2.05, 4.69) is 0 Å². The number of hydrogen-bond donors (Lipinski definition) is 1. The first-order chi connectivity index (χ1) is 6.70. The molecule has 1 aromatic rings. The predicted molar refractivity (Wildman–Crippen MR) is 50.4 cm³/mol. The maximum atomic E-state index is 13.2. The largest absolute Gasteiger partial charge is 0.460 e. The minimum atomic E-state index is -1.15. The van der Waals surface area contributed by atoms with Crippen molar-refractivity contribution in [3.8, 4) is 5.75 Å². The fourth-order valence-corrected chi connectivity index (χ4v) is 1.76. The quantitative estimate of drug-likeness (QED) is 0.736. The van der Waals surface area contributed by atoms with Crippen molar-refractivity contribution in [1.82, 2.24) is 0 Å². The Bertz CT molecular complexity index is 319. The topological polar surface area (TPSA) is 29.5 Å². The van der Waals surface area contributed by atoms with Crippen LogP contribution in [0.2, 0.25) is 0 Å². The minimum absolute atomic E-state index is 0.136. The predicted octanol–water partition coefficient (Wildman–Crippen LogP) is 2.47. The Morgan fingerprint density at radius 1 is 1.21 bits per heavy atom. The average molecular weight is 196 g/mol. The SMILES string of the molecule is OC1(Oc2ccccc2F)CCCC1. The lowest BCUT2D eigenvalue weighted by Crippen LogP contribution is -2.32. The Hall–Kier alpha value is -1.09. The standard InChI is InChI=1S/C11H13FO2/c12-9-5-1-2-6-10(9)14-11(13)7-3-4-8-11/h1-2,5-6,13H,3-4,7-8H2. The average Bonchev–Trinajstić information content (AvgIpc) is 2.57. The fourth-order valence-electron chi connectivity index (χ4n) is 1.76. The summed E-state index contributed by atoms with van der Waals surface area (Å²) in [7, 11) is 0. The van der Waals surface area contributed by atoms with Crippen molar-refractivity contribution < 1.29 is 14.2 Å². The number of benzene rings is 1. The van der Waals surface area contributed by atoms with E-state index in [0.29, 0.717) is 12.8 Å². The second-order valence-corrected chi connectivity index (χ2v) is 3.69. The Kier molecular flexibility index (Phi) is 2.42. The van der Waals surface area contributed by atoms with Gasteiger partial charge in [0.05, 0.1) is 0 Å². The molecule has 1 N–H and O–H groups in total. The third-order valence-electron chi connectivity index (χ3n) is 2.52. The monoisotopic (exact) mass is 196 g/mol. The number of para-hydroxylation sites is 1. The highest BCUT2D eigenvalue weighted by atomic mass is 19.1. The first-order valence-corrected chi connectivity index (χ1v) is 4.86. The van der Waals surface area contributed by atoms with Crippen LogP contribution >= 0.6 is 0 Å². The molecule has 0 atom stereocenters. The third kappa shape index (κ3) is 1.87. The van der Waals surface area contributed by atoms with E-state index in [9.17, 15) is 9.50 Å². The number of ether oxygens (including phenoxy) is 1. The van der Waals surface area contributed by atoms with Gasteiger partial charge in [-0.25, -0.2) is 4.39 Å². The molecule has 0 bridgehead atoms. The van der Waals surface area contributed by atoms with Crippen LogP contribution < -0.4 is 4.74 Å². The Balaban J connectivity index is 2.14. The molecule has 3 heteroatoms. The smallest absolute Gasteiger partial charge is 0.208 e. The number of rotatable bonds is 2. The molecule has 0 aliphatic heterocycles. The molecule has 2 nitrogen and oxygen atoms in total. The molecule has 0 spiro atoms. The van der Waals surface area contributed by atoms with Crippen molar-refractivity contribution in [3.05, 3.63) is 30.1 Å². The molecule has 0 amide bonds. The summed E-state index contributed by atoms with van der Waals surface area (Å²) in [5.41, 5.74) is 0. The molecule has 1 saturated carbocycles. The lowest BCUT2D eigenvalue weighted by Gasteiger charge is -2.23. The first kappa shape index (κ1) is 9.46. The zero-order valence-electron chi connectivity index (χ0n) is 7.87. The molecule has 76 valence electrons. The minimum Gasteiger partial charge on any atom is -0.460 e. The first-order valence-electron chi connectivity index (χ1n) is 4.86. The molecule has 1 fully saturated rings. The maximum Gasteiger partial charge on any atom is 0.208 e. The van der Waals surface area contributed by atoms with Gasteiger partial charge in [0.2, 0.25) is 5.79 Å². The van der Waals surface area contributed by atoms with E-state index in [1.807, 2.05) is 0 Å². The fraction of sp³-hybridized carbons (Fsp3) is 0.455. The van der Waals surface area contributed by atoms with Gasteiger partial charge in [-0.2, -0.15) is 0 Å². The van der Waals surface area contributed by atoms with Crippen LogP contribution in [0.3, 0.4) is 0 Å². The summed E-state index contributed by atoms with van der Waals surface area (Å²) >= 11 is 0. The van der Waals surface area contributed by atoms with Crippen LogP contribution in [-0.2, 0) is 0 Å². The van der Waals surface area contributed by atoms with Gasteiger partial charge < -0.3 is 9.84 Å². The highest BCUT2D eigenvalue weighted by Gasteiger charge is 2.33. The van der Waals surface area contributed by atoms with Crippen molar-refractivity contribution in [2.75, 3.05) is 0 Å². The normalized spacial score (nSPS) is 19.6. The van der Waals surface area contributed by atoms with Gasteiger partial charge in [-0.3, -0.25) is 0 Å². The Morgan fingerprint density at radius 2 is 1.86 bits per heavy atom. The van der Waals surface area contributed by atoms with E-state index in [4.69, 9.17) is 4.74 Å². The molecule has 0 saturated heterocycles. The zero-order chi connectivity index (χ0) is 10.0. The van der Waals surface area contributed by atoms with Crippen molar-refractivity contribution in [3.63, 3.8) is 0 Å². The summed E-state index contributed by atoms with van der Waals surface area (Å²) in [6, 6.07) is 6.15. The van der Waals surface area contributed by atoms with Gasteiger partial charge in [0, 0.05) is 12.8 Å². The molecule has 0 heterocycles.